The number of anilines is 2. The Hall–Kier alpha value is -3.36. The zero-order valence-electron chi connectivity index (χ0n) is 14.4. The summed E-state index contributed by atoms with van der Waals surface area (Å²) in [7, 11) is 0. The monoisotopic (exact) mass is 376 g/mol. The van der Waals surface area contributed by atoms with Gasteiger partial charge < -0.3 is 10.6 Å². The summed E-state index contributed by atoms with van der Waals surface area (Å²) in [5.74, 6) is 0.362. The summed E-state index contributed by atoms with van der Waals surface area (Å²) in [5.41, 5.74) is 2.86. The summed E-state index contributed by atoms with van der Waals surface area (Å²) in [6.45, 7) is 0.508. The molecule has 134 valence electrons. The number of benzene rings is 2. The van der Waals surface area contributed by atoms with Gasteiger partial charge in [0, 0.05) is 29.0 Å². The zero-order chi connectivity index (χ0) is 19.1. The fraction of sp³-hybridized carbons (Fsp3) is 0.0952. The minimum atomic E-state index is -0.173. The molecule has 0 saturated carbocycles. The molecule has 2 aromatic carbocycles. The maximum atomic E-state index is 12.4. The smallest absolute Gasteiger partial charge is 0.251 e. The van der Waals surface area contributed by atoms with Gasteiger partial charge in [-0.05, 0) is 54.4 Å². The Morgan fingerprint density at radius 3 is 2.78 bits per heavy atom. The Labute approximate surface area is 162 Å². The van der Waals surface area contributed by atoms with E-state index >= 15 is 0 Å². The predicted octanol–water partition coefficient (Wildman–Crippen LogP) is 4.32. The first-order valence-electron chi connectivity index (χ1n) is 8.40. The number of hydrogen-bond acceptors (Lipinski definition) is 4. The zero-order valence-corrected chi connectivity index (χ0v) is 15.2. The van der Waals surface area contributed by atoms with Crippen molar-refractivity contribution in [1.29, 1.82) is 5.26 Å². The number of nitrogens with one attached hydrogen (secondary N) is 2. The second kappa shape index (κ2) is 8.84. The summed E-state index contributed by atoms with van der Waals surface area (Å²) >= 11 is 5.97. The van der Waals surface area contributed by atoms with Crippen molar-refractivity contribution in [2.24, 2.45) is 0 Å². The lowest BCUT2D eigenvalue weighted by Gasteiger charge is -2.09. The molecule has 0 radical (unpaired) electrons. The van der Waals surface area contributed by atoms with Crippen LogP contribution in [-0.4, -0.2) is 17.4 Å². The van der Waals surface area contributed by atoms with Crippen molar-refractivity contribution in [2.45, 2.75) is 6.42 Å². The number of nitriles is 1. The fourth-order valence-corrected chi connectivity index (χ4v) is 2.78. The van der Waals surface area contributed by atoms with Gasteiger partial charge >= 0.3 is 0 Å². The van der Waals surface area contributed by atoms with E-state index in [0.717, 1.165) is 11.3 Å². The van der Waals surface area contributed by atoms with Crippen molar-refractivity contribution in [2.75, 3.05) is 11.9 Å². The Kier molecular flexibility index (Phi) is 6.03. The second-order valence-electron chi connectivity index (χ2n) is 5.88. The lowest BCUT2D eigenvalue weighted by atomic mass is 10.1. The van der Waals surface area contributed by atoms with E-state index in [1.165, 1.54) is 0 Å². The van der Waals surface area contributed by atoms with Crippen LogP contribution >= 0.6 is 11.6 Å². The van der Waals surface area contributed by atoms with Gasteiger partial charge in [0.2, 0.25) is 0 Å². The van der Waals surface area contributed by atoms with Crippen molar-refractivity contribution >= 4 is 29.0 Å². The van der Waals surface area contributed by atoms with Crippen LogP contribution < -0.4 is 10.6 Å². The van der Waals surface area contributed by atoms with Crippen LogP contribution in [0.3, 0.4) is 0 Å². The largest absolute Gasteiger partial charge is 0.352 e. The standard InChI is InChI=1S/C21H17ClN4O/c22-18-5-1-3-15(11-18)7-9-25-21(27)17-8-10-24-20(13-17)26-19-6-2-4-16(12-19)14-23/h1-6,8,10-13H,7,9H2,(H,24,26)(H,25,27). The molecule has 0 spiro atoms. The van der Waals surface area contributed by atoms with Gasteiger partial charge in [0.25, 0.3) is 5.91 Å². The van der Waals surface area contributed by atoms with Gasteiger partial charge in [-0.25, -0.2) is 4.98 Å². The van der Waals surface area contributed by atoms with E-state index in [1.54, 1.807) is 36.5 Å². The lowest BCUT2D eigenvalue weighted by molar-refractivity contribution is 0.0954. The van der Waals surface area contributed by atoms with Gasteiger partial charge in [-0.1, -0.05) is 29.8 Å². The molecule has 1 amide bonds. The van der Waals surface area contributed by atoms with Crippen LogP contribution in [0.25, 0.3) is 0 Å². The van der Waals surface area contributed by atoms with Crippen molar-refractivity contribution in [1.82, 2.24) is 10.3 Å². The van der Waals surface area contributed by atoms with E-state index in [4.69, 9.17) is 16.9 Å². The molecule has 0 atom stereocenters. The van der Waals surface area contributed by atoms with E-state index in [9.17, 15) is 4.79 Å². The first-order chi connectivity index (χ1) is 13.1. The number of carbonyl (C=O) groups is 1. The Bertz CT molecular complexity index is 997. The minimum Gasteiger partial charge on any atom is -0.352 e. The van der Waals surface area contributed by atoms with Crippen molar-refractivity contribution in [3.63, 3.8) is 0 Å². The molecule has 0 bridgehead atoms. The number of halogens is 1. The molecule has 0 unspecified atom stereocenters. The Balaban J connectivity index is 1.60. The second-order valence-corrected chi connectivity index (χ2v) is 6.32. The summed E-state index contributed by atoms with van der Waals surface area (Å²) in [4.78, 5) is 16.6. The number of rotatable bonds is 6. The highest BCUT2D eigenvalue weighted by Crippen LogP contribution is 2.17. The molecule has 0 aliphatic heterocycles. The highest BCUT2D eigenvalue weighted by Gasteiger charge is 2.07. The number of aromatic nitrogens is 1. The van der Waals surface area contributed by atoms with E-state index < -0.39 is 0 Å². The first-order valence-corrected chi connectivity index (χ1v) is 8.78. The third kappa shape index (κ3) is 5.30. The van der Waals surface area contributed by atoms with Crippen LogP contribution in [0, 0.1) is 11.3 Å². The Morgan fingerprint density at radius 2 is 1.96 bits per heavy atom. The fourth-order valence-electron chi connectivity index (χ4n) is 2.57. The van der Waals surface area contributed by atoms with Crippen LogP contribution in [0.1, 0.15) is 21.5 Å². The maximum Gasteiger partial charge on any atom is 0.251 e. The number of nitrogens with zero attached hydrogens (tertiary/aromatic N) is 2. The average molecular weight is 377 g/mol. The van der Waals surface area contributed by atoms with Gasteiger partial charge in [-0.15, -0.1) is 0 Å². The van der Waals surface area contributed by atoms with Gasteiger partial charge in [0.15, 0.2) is 0 Å². The maximum absolute atomic E-state index is 12.4. The van der Waals surface area contributed by atoms with Crippen LogP contribution in [0.5, 0.6) is 0 Å². The topological polar surface area (TPSA) is 77.8 Å². The van der Waals surface area contributed by atoms with Crippen LogP contribution in [0.15, 0.2) is 66.9 Å². The summed E-state index contributed by atoms with van der Waals surface area (Å²) in [6, 6.07) is 20.1. The molecule has 3 rings (SSSR count). The molecule has 0 fully saturated rings. The molecule has 0 aliphatic carbocycles. The number of carbonyl (C=O) groups excluding carboxylic acids is 1. The molecular formula is C21H17ClN4O. The molecule has 27 heavy (non-hydrogen) atoms. The number of hydrogen-bond donors (Lipinski definition) is 2. The molecule has 3 aromatic rings. The minimum absolute atomic E-state index is 0.173. The summed E-state index contributed by atoms with van der Waals surface area (Å²) in [6.07, 6.45) is 2.27. The average Bonchev–Trinajstić information content (AvgIpc) is 2.68. The van der Waals surface area contributed by atoms with Crippen LogP contribution in [-0.2, 0) is 6.42 Å². The van der Waals surface area contributed by atoms with Crippen molar-refractivity contribution < 1.29 is 4.79 Å². The van der Waals surface area contributed by atoms with E-state index in [1.807, 2.05) is 30.3 Å². The molecule has 5 nitrogen and oxygen atoms in total. The van der Waals surface area contributed by atoms with Gasteiger partial charge in [-0.3, -0.25) is 4.79 Å². The van der Waals surface area contributed by atoms with Crippen molar-refractivity contribution in [3.05, 3.63) is 88.6 Å². The molecule has 6 heteroatoms. The molecule has 1 heterocycles. The van der Waals surface area contributed by atoms with Gasteiger partial charge in [0.1, 0.15) is 5.82 Å². The summed E-state index contributed by atoms with van der Waals surface area (Å²) < 4.78 is 0. The lowest BCUT2D eigenvalue weighted by Crippen LogP contribution is -2.25. The highest BCUT2D eigenvalue weighted by molar-refractivity contribution is 6.30. The molecule has 2 N–H and O–H groups in total. The first kappa shape index (κ1) is 18.4. The van der Waals surface area contributed by atoms with Crippen LogP contribution in [0.2, 0.25) is 5.02 Å². The predicted molar refractivity (Wildman–Crippen MR) is 106 cm³/mol. The van der Waals surface area contributed by atoms with E-state index in [-0.39, 0.29) is 5.91 Å². The highest BCUT2D eigenvalue weighted by atomic mass is 35.5. The SMILES string of the molecule is N#Cc1cccc(Nc2cc(C(=O)NCCc3cccc(Cl)c3)ccn2)c1. The summed E-state index contributed by atoms with van der Waals surface area (Å²) in [5, 5.41) is 15.7. The van der Waals surface area contributed by atoms with E-state index in [2.05, 4.69) is 21.7 Å². The van der Waals surface area contributed by atoms with Gasteiger partial charge in [-0.2, -0.15) is 5.26 Å². The normalized spacial score (nSPS) is 10.1. The Morgan fingerprint density at radius 1 is 1.11 bits per heavy atom. The van der Waals surface area contributed by atoms with Crippen LogP contribution in [0.4, 0.5) is 11.5 Å². The van der Waals surface area contributed by atoms with Crippen molar-refractivity contribution in [3.8, 4) is 6.07 Å². The van der Waals surface area contributed by atoms with Gasteiger partial charge in [0.05, 0.1) is 11.6 Å². The molecular weight excluding hydrogens is 360 g/mol. The number of amides is 1. The third-order valence-electron chi connectivity index (χ3n) is 3.87. The third-order valence-corrected chi connectivity index (χ3v) is 4.11. The molecule has 1 aromatic heterocycles. The number of pyridine rings is 1. The van der Waals surface area contributed by atoms with E-state index in [0.29, 0.717) is 34.9 Å². The molecule has 0 saturated heterocycles. The quantitative estimate of drug-likeness (QED) is 0.671. The molecule has 0 aliphatic rings.